The number of aliphatic hydroxyl groups excluding tert-OH is 1. The van der Waals surface area contributed by atoms with Gasteiger partial charge in [-0.05, 0) is 12.8 Å². The zero-order valence-electron chi connectivity index (χ0n) is 6.21. The maximum absolute atomic E-state index is 8.54. The molecule has 10 heavy (non-hydrogen) atoms. The highest BCUT2D eigenvalue weighted by Crippen LogP contribution is 1.97. The van der Waals surface area contributed by atoms with Crippen LogP contribution in [-0.4, -0.2) is 37.4 Å². The van der Waals surface area contributed by atoms with Crippen LogP contribution in [0.5, 0.6) is 0 Å². The SMILES string of the molecule is OCCCC1C[N]CCN1. The smallest absolute Gasteiger partial charge is 0.0431 e. The molecule has 0 aromatic rings. The zero-order chi connectivity index (χ0) is 7.23. The van der Waals surface area contributed by atoms with Crippen molar-refractivity contribution in [2.75, 3.05) is 26.2 Å². The third-order valence-corrected chi connectivity index (χ3v) is 1.76. The molecule has 1 rings (SSSR count). The maximum Gasteiger partial charge on any atom is 0.0431 e. The molecule has 0 spiro atoms. The number of aliphatic hydroxyl groups is 1. The van der Waals surface area contributed by atoms with E-state index in [4.69, 9.17) is 5.11 Å². The molecule has 3 heteroatoms. The van der Waals surface area contributed by atoms with E-state index in [1.54, 1.807) is 0 Å². The van der Waals surface area contributed by atoms with Gasteiger partial charge < -0.3 is 10.4 Å². The Morgan fingerprint density at radius 2 is 2.50 bits per heavy atom. The van der Waals surface area contributed by atoms with E-state index in [1.165, 1.54) is 0 Å². The summed E-state index contributed by atoms with van der Waals surface area (Å²) in [7, 11) is 0. The lowest BCUT2D eigenvalue weighted by Crippen LogP contribution is -2.45. The highest BCUT2D eigenvalue weighted by Gasteiger charge is 2.10. The summed E-state index contributed by atoms with van der Waals surface area (Å²) in [5.74, 6) is 0. The summed E-state index contributed by atoms with van der Waals surface area (Å²) in [6.45, 7) is 3.20. The molecule has 0 aromatic carbocycles. The Bertz CT molecular complexity index is 81.7. The molecule has 0 aromatic heterocycles. The standard InChI is InChI=1S/C7H15N2O/c10-5-1-2-7-6-8-3-4-9-7/h7,9-10H,1-6H2. The van der Waals surface area contributed by atoms with Crippen LogP contribution < -0.4 is 10.6 Å². The number of nitrogens with zero attached hydrogens (tertiary/aromatic N) is 1. The number of nitrogens with one attached hydrogen (secondary N) is 1. The Morgan fingerprint density at radius 3 is 3.10 bits per heavy atom. The van der Waals surface area contributed by atoms with Crippen LogP contribution in [0.3, 0.4) is 0 Å². The van der Waals surface area contributed by atoms with Crippen molar-refractivity contribution in [2.24, 2.45) is 0 Å². The number of piperazine rings is 1. The average Bonchev–Trinajstić information content (AvgIpc) is 2.03. The Morgan fingerprint density at radius 1 is 1.60 bits per heavy atom. The van der Waals surface area contributed by atoms with Gasteiger partial charge in [-0.25, -0.2) is 5.32 Å². The molecule has 1 atom stereocenters. The summed E-state index contributed by atoms with van der Waals surface area (Å²) in [6, 6.07) is 0.529. The van der Waals surface area contributed by atoms with Crippen molar-refractivity contribution in [1.82, 2.24) is 10.6 Å². The fraction of sp³-hybridized carbons (Fsp3) is 1.00. The monoisotopic (exact) mass is 143 g/mol. The third-order valence-electron chi connectivity index (χ3n) is 1.76. The Kier molecular flexibility index (Phi) is 3.72. The first-order valence-corrected chi connectivity index (χ1v) is 3.91. The fourth-order valence-corrected chi connectivity index (χ4v) is 1.19. The first-order chi connectivity index (χ1) is 4.93. The molecule has 0 bridgehead atoms. The van der Waals surface area contributed by atoms with E-state index >= 15 is 0 Å². The minimum absolute atomic E-state index is 0.304. The van der Waals surface area contributed by atoms with Crippen molar-refractivity contribution in [3.8, 4) is 0 Å². The van der Waals surface area contributed by atoms with Crippen LogP contribution >= 0.6 is 0 Å². The molecular formula is C7H15N2O. The van der Waals surface area contributed by atoms with Crippen molar-refractivity contribution < 1.29 is 5.11 Å². The van der Waals surface area contributed by atoms with Crippen LogP contribution in [0.2, 0.25) is 0 Å². The zero-order valence-corrected chi connectivity index (χ0v) is 6.21. The third kappa shape index (κ3) is 2.64. The Balaban J connectivity index is 2.02. The van der Waals surface area contributed by atoms with E-state index in [0.29, 0.717) is 12.6 Å². The normalized spacial score (nSPS) is 26.7. The molecule has 1 radical (unpaired) electrons. The highest BCUT2D eigenvalue weighted by molar-refractivity contribution is 4.74. The minimum atomic E-state index is 0.304. The van der Waals surface area contributed by atoms with Crippen molar-refractivity contribution in [1.29, 1.82) is 0 Å². The summed E-state index contributed by atoms with van der Waals surface area (Å²) in [6.07, 6.45) is 1.95. The molecule has 1 heterocycles. The van der Waals surface area contributed by atoms with E-state index in [1.807, 2.05) is 0 Å². The van der Waals surface area contributed by atoms with Gasteiger partial charge in [-0.3, -0.25) is 0 Å². The summed E-state index contributed by atoms with van der Waals surface area (Å²) < 4.78 is 0. The maximum atomic E-state index is 8.54. The number of hydrogen-bond donors (Lipinski definition) is 2. The van der Waals surface area contributed by atoms with Gasteiger partial charge in [0.05, 0.1) is 0 Å². The Labute approximate surface area is 61.8 Å². The second-order valence-electron chi connectivity index (χ2n) is 2.65. The van der Waals surface area contributed by atoms with Gasteiger partial charge in [0.25, 0.3) is 0 Å². The molecule has 2 N–H and O–H groups in total. The van der Waals surface area contributed by atoms with Gasteiger partial charge in [0.1, 0.15) is 0 Å². The minimum Gasteiger partial charge on any atom is -0.396 e. The van der Waals surface area contributed by atoms with Crippen LogP contribution in [0.1, 0.15) is 12.8 Å². The summed E-state index contributed by atoms with van der Waals surface area (Å²) in [4.78, 5) is 0. The molecule has 1 fully saturated rings. The molecule has 59 valence electrons. The molecule has 1 unspecified atom stereocenters. The summed E-state index contributed by atoms with van der Waals surface area (Å²) >= 11 is 0. The van der Waals surface area contributed by atoms with E-state index in [0.717, 1.165) is 32.5 Å². The van der Waals surface area contributed by atoms with E-state index in [9.17, 15) is 0 Å². The molecular weight excluding hydrogens is 128 g/mol. The lowest BCUT2D eigenvalue weighted by atomic mass is 10.1. The predicted octanol–water partition coefficient (Wildman–Crippen LogP) is -0.665. The molecule has 0 aliphatic carbocycles. The molecule has 3 nitrogen and oxygen atoms in total. The van der Waals surface area contributed by atoms with Crippen molar-refractivity contribution >= 4 is 0 Å². The highest BCUT2D eigenvalue weighted by atomic mass is 16.2. The van der Waals surface area contributed by atoms with E-state index < -0.39 is 0 Å². The van der Waals surface area contributed by atoms with Crippen molar-refractivity contribution in [3.05, 3.63) is 0 Å². The fourth-order valence-electron chi connectivity index (χ4n) is 1.19. The summed E-state index contributed by atoms with van der Waals surface area (Å²) in [5.41, 5.74) is 0. The van der Waals surface area contributed by atoms with E-state index in [2.05, 4.69) is 10.6 Å². The van der Waals surface area contributed by atoms with Crippen LogP contribution in [-0.2, 0) is 0 Å². The first-order valence-electron chi connectivity index (χ1n) is 3.91. The van der Waals surface area contributed by atoms with Gasteiger partial charge in [0, 0.05) is 32.3 Å². The number of rotatable bonds is 3. The second kappa shape index (κ2) is 4.66. The van der Waals surface area contributed by atoms with Gasteiger partial charge in [0.2, 0.25) is 0 Å². The lowest BCUT2D eigenvalue weighted by Gasteiger charge is -2.22. The van der Waals surface area contributed by atoms with E-state index in [-0.39, 0.29) is 0 Å². The predicted molar refractivity (Wildman–Crippen MR) is 40.0 cm³/mol. The Hall–Kier alpha value is -0.120. The molecule has 1 aliphatic rings. The first kappa shape index (κ1) is 7.98. The average molecular weight is 143 g/mol. The molecule has 0 amide bonds. The summed E-state index contributed by atoms with van der Waals surface area (Å²) in [5, 5.41) is 16.2. The van der Waals surface area contributed by atoms with Gasteiger partial charge in [-0.2, -0.15) is 0 Å². The second-order valence-corrected chi connectivity index (χ2v) is 2.65. The lowest BCUT2D eigenvalue weighted by molar-refractivity contribution is 0.269. The van der Waals surface area contributed by atoms with Gasteiger partial charge in [-0.15, -0.1) is 0 Å². The van der Waals surface area contributed by atoms with Crippen LogP contribution in [0.4, 0.5) is 0 Å². The van der Waals surface area contributed by atoms with Gasteiger partial charge in [-0.1, -0.05) is 0 Å². The molecule has 1 aliphatic heterocycles. The quantitative estimate of drug-likeness (QED) is 0.550. The topological polar surface area (TPSA) is 46.4 Å². The number of hydrogen-bond acceptors (Lipinski definition) is 2. The van der Waals surface area contributed by atoms with Gasteiger partial charge >= 0.3 is 0 Å². The largest absolute Gasteiger partial charge is 0.396 e. The molecule has 0 saturated carbocycles. The van der Waals surface area contributed by atoms with Crippen LogP contribution in [0.25, 0.3) is 0 Å². The van der Waals surface area contributed by atoms with Crippen LogP contribution in [0, 0.1) is 0 Å². The van der Waals surface area contributed by atoms with Gasteiger partial charge in [0.15, 0.2) is 0 Å². The van der Waals surface area contributed by atoms with Crippen LogP contribution in [0.15, 0.2) is 0 Å². The van der Waals surface area contributed by atoms with Crippen molar-refractivity contribution in [3.63, 3.8) is 0 Å². The van der Waals surface area contributed by atoms with Crippen molar-refractivity contribution in [2.45, 2.75) is 18.9 Å². The molecule has 1 saturated heterocycles.